The number of hydrogen-bond acceptors (Lipinski definition) is 3. The summed E-state index contributed by atoms with van der Waals surface area (Å²) in [4.78, 5) is 17.6. The van der Waals surface area contributed by atoms with Gasteiger partial charge in [0.25, 0.3) is 5.56 Å². The van der Waals surface area contributed by atoms with E-state index in [9.17, 15) is 4.79 Å². The second-order valence-electron chi connectivity index (χ2n) is 2.64. The number of H-pyrrole nitrogens is 1. The molecule has 0 bridgehead atoms. The number of hydrogen-bond donors (Lipinski definition) is 2. The molecule has 3 N–H and O–H groups in total. The number of nitrogens with zero attached hydrogens (tertiary/aromatic N) is 2. The second kappa shape index (κ2) is 2.10. The summed E-state index contributed by atoms with van der Waals surface area (Å²) in [7, 11) is 1.80. The Hall–Kier alpha value is -1.78. The normalized spacial score (nSPS) is 10.8. The van der Waals surface area contributed by atoms with Crippen LogP contribution in [-0.2, 0) is 7.05 Å². The lowest BCUT2D eigenvalue weighted by Crippen LogP contribution is -2.07. The second-order valence-corrected chi connectivity index (χ2v) is 2.64. The first-order chi connectivity index (χ1) is 5.68. The van der Waals surface area contributed by atoms with Crippen LogP contribution >= 0.6 is 0 Å². The van der Waals surface area contributed by atoms with Crippen molar-refractivity contribution in [3.8, 4) is 0 Å². The zero-order valence-electron chi connectivity index (χ0n) is 6.53. The fourth-order valence-electron chi connectivity index (χ4n) is 1.15. The van der Waals surface area contributed by atoms with E-state index < -0.39 is 0 Å². The van der Waals surface area contributed by atoms with Gasteiger partial charge in [0.15, 0.2) is 0 Å². The molecule has 0 aliphatic rings. The van der Waals surface area contributed by atoms with Gasteiger partial charge in [-0.15, -0.1) is 0 Å². The first-order valence-electron chi connectivity index (χ1n) is 3.48. The van der Waals surface area contributed by atoms with Crippen molar-refractivity contribution >= 4 is 16.9 Å². The Balaban J connectivity index is 3.02. The lowest BCUT2D eigenvalue weighted by molar-refractivity contribution is 0.927. The van der Waals surface area contributed by atoms with Crippen molar-refractivity contribution in [1.29, 1.82) is 0 Å². The highest BCUT2D eigenvalue weighted by Gasteiger charge is 2.03. The van der Waals surface area contributed by atoms with Gasteiger partial charge in [-0.3, -0.25) is 4.79 Å². The number of fused-ring (bicyclic) bond motifs is 1. The molecule has 0 aromatic carbocycles. The third kappa shape index (κ3) is 0.795. The van der Waals surface area contributed by atoms with Gasteiger partial charge in [-0.25, -0.2) is 4.98 Å². The van der Waals surface area contributed by atoms with Gasteiger partial charge in [-0.1, -0.05) is 0 Å². The van der Waals surface area contributed by atoms with Crippen molar-refractivity contribution in [1.82, 2.24) is 14.5 Å². The molecule has 0 amide bonds. The predicted octanol–water partition coefficient (Wildman–Crippen LogP) is -0.156. The summed E-state index contributed by atoms with van der Waals surface area (Å²) in [6.07, 6.45) is 1.61. The van der Waals surface area contributed by atoms with Gasteiger partial charge in [-0.05, 0) is 0 Å². The van der Waals surface area contributed by atoms with Crippen molar-refractivity contribution in [2.75, 3.05) is 5.73 Å². The molecule has 0 saturated heterocycles. The molecule has 0 atom stereocenters. The summed E-state index contributed by atoms with van der Waals surface area (Å²) < 4.78 is 1.72. The van der Waals surface area contributed by atoms with E-state index in [1.807, 2.05) is 0 Å². The molecule has 0 unspecified atom stereocenters. The largest absolute Gasteiger partial charge is 0.397 e. The molecule has 5 heteroatoms. The molecule has 0 saturated carbocycles. The van der Waals surface area contributed by atoms with Crippen molar-refractivity contribution in [2.45, 2.75) is 0 Å². The van der Waals surface area contributed by atoms with E-state index in [4.69, 9.17) is 5.73 Å². The van der Waals surface area contributed by atoms with Crippen molar-refractivity contribution in [2.24, 2.45) is 7.05 Å². The van der Waals surface area contributed by atoms with E-state index in [1.54, 1.807) is 17.9 Å². The van der Waals surface area contributed by atoms with E-state index in [-0.39, 0.29) is 5.56 Å². The SMILES string of the molecule is Cn1cnc2c(N)cc(=O)[nH]c21. The molecule has 2 aromatic rings. The number of nitrogens with two attached hydrogens (primary N) is 1. The zero-order valence-corrected chi connectivity index (χ0v) is 6.53. The Morgan fingerprint density at radius 1 is 1.67 bits per heavy atom. The van der Waals surface area contributed by atoms with Crippen LogP contribution in [0.15, 0.2) is 17.2 Å². The number of imidazole rings is 1. The minimum absolute atomic E-state index is 0.205. The Labute approximate surface area is 67.8 Å². The van der Waals surface area contributed by atoms with Crippen LogP contribution in [0.5, 0.6) is 0 Å². The first-order valence-corrected chi connectivity index (χ1v) is 3.48. The van der Waals surface area contributed by atoms with Crippen LogP contribution in [0.1, 0.15) is 0 Å². The number of nitrogens with one attached hydrogen (secondary N) is 1. The number of aryl methyl sites for hydroxylation is 1. The maximum absolute atomic E-state index is 11.0. The monoisotopic (exact) mass is 164 g/mol. The molecule has 0 fully saturated rings. The predicted molar refractivity (Wildman–Crippen MR) is 45.7 cm³/mol. The summed E-state index contributed by atoms with van der Waals surface area (Å²) in [5.41, 5.74) is 7.07. The first kappa shape index (κ1) is 6.90. The topological polar surface area (TPSA) is 76.7 Å². The van der Waals surface area contributed by atoms with E-state index in [1.165, 1.54) is 6.07 Å². The number of anilines is 1. The van der Waals surface area contributed by atoms with Crippen molar-refractivity contribution in [3.63, 3.8) is 0 Å². The maximum Gasteiger partial charge on any atom is 0.251 e. The smallest absolute Gasteiger partial charge is 0.251 e. The van der Waals surface area contributed by atoms with Crippen molar-refractivity contribution < 1.29 is 0 Å². The third-order valence-electron chi connectivity index (χ3n) is 1.74. The standard InChI is InChI=1S/C7H8N4O/c1-11-3-9-6-4(8)2-5(12)10-7(6)11/h2-3H,1H3,(H3,8,10,12). The van der Waals surface area contributed by atoms with Gasteiger partial charge in [0.2, 0.25) is 0 Å². The summed E-state index contributed by atoms with van der Waals surface area (Å²) in [6.45, 7) is 0. The summed E-state index contributed by atoms with van der Waals surface area (Å²) in [5, 5.41) is 0. The molecule has 2 aromatic heterocycles. The van der Waals surface area contributed by atoms with Crippen LogP contribution in [-0.4, -0.2) is 14.5 Å². The molecule has 0 spiro atoms. The number of rotatable bonds is 0. The van der Waals surface area contributed by atoms with Crippen LogP contribution in [0.2, 0.25) is 0 Å². The van der Waals surface area contributed by atoms with Gasteiger partial charge < -0.3 is 15.3 Å². The van der Waals surface area contributed by atoms with Crippen LogP contribution < -0.4 is 11.3 Å². The molecule has 0 aliphatic heterocycles. The highest BCUT2D eigenvalue weighted by Crippen LogP contribution is 2.12. The minimum Gasteiger partial charge on any atom is -0.397 e. The molecular weight excluding hydrogens is 156 g/mol. The fraction of sp³-hybridized carbons (Fsp3) is 0.143. The molecule has 5 nitrogen and oxygen atoms in total. The quantitative estimate of drug-likeness (QED) is 0.568. The molecule has 12 heavy (non-hydrogen) atoms. The molecule has 2 rings (SSSR count). The number of nitrogen functional groups attached to an aromatic ring is 1. The Morgan fingerprint density at radius 2 is 2.42 bits per heavy atom. The van der Waals surface area contributed by atoms with Crippen LogP contribution in [0.3, 0.4) is 0 Å². The van der Waals surface area contributed by atoms with Gasteiger partial charge >= 0.3 is 0 Å². The Morgan fingerprint density at radius 3 is 3.17 bits per heavy atom. The van der Waals surface area contributed by atoms with E-state index in [0.29, 0.717) is 16.9 Å². The van der Waals surface area contributed by atoms with Crippen molar-refractivity contribution in [3.05, 3.63) is 22.7 Å². The van der Waals surface area contributed by atoms with Gasteiger partial charge in [0.05, 0.1) is 12.0 Å². The van der Waals surface area contributed by atoms with Crippen LogP contribution in [0.4, 0.5) is 5.69 Å². The third-order valence-corrected chi connectivity index (χ3v) is 1.74. The van der Waals surface area contributed by atoms with Gasteiger partial charge in [-0.2, -0.15) is 0 Å². The fourth-order valence-corrected chi connectivity index (χ4v) is 1.15. The maximum atomic E-state index is 11.0. The van der Waals surface area contributed by atoms with Crippen LogP contribution in [0, 0.1) is 0 Å². The van der Waals surface area contributed by atoms with Gasteiger partial charge in [0, 0.05) is 13.1 Å². The highest BCUT2D eigenvalue weighted by molar-refractivity contribution is 5.83. The molecule has 2 heterocycles. The number of pyridine rings is 1. The lowest BCUT2D eigenvalue weighted by atomic mass is 10.4. The van der Waals surface area contributed by atoms with E-state index in [0.717, 1.165) is 0 Å². The molecule has 62 valence electrons. The van der Waals surface area contributed by atoms with Gasteiger partial charge in [0.1, 0.15) is 11.2 Å². The number of aromatic nitrogens is 3. The number of aromatic amines is 1. The molecule has 0 aliphatic carbocycles. The summed E-state index contributed by atoms with van der Waals surface area (Å²) in [5.74, 6) is 0. The minimum atomic E-state index is -0.205. The lowest BCUT2D eigenvalue weighted by Gasteiger charge is -1.95. The van der Waals surface area contributed by atoms with Crippen LogP contribution in [0.25, 0.3) is 11.2 Å². The average molecular weight is 164 g/mol. The highest BCUT2D eigenvalue weighted by atomic mass is 16.1. The Kier molecular flexibility index (Phi) is 1.21. The molecular formula is C7H8N4O. The molecule has 0 radical (unpaired) electrons. The summed E-state index contributed by atoms with van der Waals surface area (Å²) in [6, 6.07) is 1.33. The van der Waals surface area contributed by atoms with E-state index >= 15 is 0 Å². The zero-order chi connectivity index (χ0) is 8.72. The van der Waals surface area contributed by atoms with E-state index in [2.05, 4.69) is 9.97 Å². The Bertz CT molecular complexity index is 482. The average Bonchev–Trinajstić information content (AvgIpc) is 2.33. The summed E-state index contributed by atoms with van der Waals surface area (Å²) >= 11 is 0.